The van der Waals surface area contributed by atoms with Crippen LogP contribution < -0.4 is 5.56 Å². The van der Waals surface area contributed by atoms with E-state index in [1.165, 1.54) is 6.20 Å². The normalized spacial score (nSPS) is 10.3. The number of H-pyrrole nitrogens is 1. The van der Waals surface area contributed by atoms with Gasteiger partial charge in [0.2, 0.25) is 5.56 Å². The first-order valence-corrected chi connectivity index (χ1v) is 5.28. The first kappa shape index (κ1) is 12.1. The van der Waals surface area contributed by atoms with Crippen molar-refractivity contribution in [3.8, 4) is 11.1 Å². The van der Waals surface area contributed by atoms with Gasteiger partial charge in [0.15, 0.2) is 0 Å². The fourth-order valence-electron chi connectivity index (χ4n) is 1.68. The zero-order valence-corrected chi connectivity index (χ0v) is 9.38. The Morgan fingerprint density at radius 3 is 2.44 bits per heavy atom. The number of rotatable bonds is 3. The minimum atomic E-state index is -1.15. The molecule has 0 atom stereocenters. The molecule has 0 fully saturated rings. The van der Waals surface area contributed by atoms with E-state index < -0.39 is 11.5 Å². The lowest BCUT2D eigenvalue weighted by molar-refractivity contribution is 0.0697. The number of carboxylic acid groups (broad SMARTS) is 1. The van der Waals surface area contributed by atoms with Gasteiger partial charge in [-0.15, -0.1) is 0 Å². The van der Waals surface area contributed by atoms with Crippen molar-refractivity contribution in [1.29, 1.82) is 0 Å². The van der Waals surface area contributed by atoms with Gasteiger partial charge in [0.05, 0.1) is 12.2 Å². The van der Waals surface area contributed by atoms with Crippen LogP contribution in [0.25, 0.3) is 11.1 Å². The highest BCUT2D eigenvalue weighted by atomic mass is 16.4. The standard InChI is InChI=1S/C13H11NO4/c15-7-8-1-3-9(4-2-8)11-6-14-12(16)5-10(11)13(17)18/h1-6,15H,7H2,(H,14,16)(H,17,18). The van der Waals surface area contributed by atoms with Gasteiger partial charge in [-0.2, -0.15) is 0 Å². The van der Waals surface area contributed by atoms with Crippen molar-refractivity contribution in [2.24, 2.45) is 0 Å². The summed E-state index contributed by atoms with van der Waals surface area (Å²) in [4.78, 5) is 24.7. The topological polar surface area (TPSA) is 90.4 Å². The second-order valence-electron chi connectivity index (χ2n) is 3.78. The number of nitrogens with one attached hydrogen (secondary N) is 1. The second-order valence-corrected chi connectivity index (χ2v) is 3.78. The zero-order valence-electron chi connectivity index (χ0n) is 9.38. The third-order valence-electron chi connectivity index (χ3n) is 2.60. The lowest BCUT2D eigenvalue weighted by atomic mass is 10.0. The highest BCUT2D eigenvalue weighted by molar-refractivity contribution is 5.95. The van der Waals surface area contributed by atoms with E-state index in [2.05, 4.69) is 4.98 Å². The number of aliphatic hydroxyl groups excluding tert-OH is 1. The zero-order chi connectivity index (χ0) is 13.1. The second kappa shape index (κ2) is 4.85. The summed E-state index contributed by atoms with van der Waals surface area (Å²) >= 11 is 0. The Morgan fingerprint density at radius 1 is 1.22 bits per heavy atom. The van der Waals surface area contributed by atoms with Crippen LogP contribution in [0, 0.1) is 0 Å². The smallest absolute Gasteiger partial charge is 0.336 e. The molecule has 1 aromatic heterocycles. The average molecular weight is 245 g/mol. The van der Waals surface area contributed by atoms with E-state index in [1.54, 1.807) is 24.3 Å². The third-order valence-corrected chi connectivity index (χ3v) is 2.60. The van der Waals surface area contributed by atoms with Gasteiger partial charge < -0.3 is 15.2 Å². The van der Waals surface area contributed by atoms with Crippen molar-refractivity contribution in [2.75, 3.05) is 0 Å². The Bertz CT molecular complexity index is 628. The predicted octanol–water partition coefficient (Wildman–Crippen LogP) is 1.23. The molecule has 0 aliphatic rings. The number of aromatic carboxylic acids is 1. The molecular formula is C13H11NO4. The number of carboxylic acids is 1. The number of carbonyl (C=O) groups is 1. The molecule has 0 aliphatic heterocycles. The number of pyridine rings is 1. The van der Waals surface area contributed by atoms with Crippen molar-refractivity contribution < 1.29 is 15.0 Å². The molecular weight excluding hydrogens is 234 g/mol. The van der Waals surface area contributed by atoms with Crippen molar-refractivity contribution >= 4 is 5.97 Å². The first-order chi connectivity index (χ1) is 8.61. The predicted molar refractivity (Wildman–Crippen MR) is 65.4 cm³/mol. The molecule has 92 valence electrons. The van der Waals surface area contributed by atoms with Crippen molar-refractivity contribution in [2.45, 2.75) is 6.61 Å². The fourth-order valence-corrected chi connectivity index (χ4v) is 1.68. The molecule has 2 rings (SSSR count). The lowest BCUT2D eigenvalue weighted by Gasteiger charge is -2.06. The molecule has 1 heterocycles. The maximum Gasteiger partial charge on any atom is 0.336 e. The van der Waals surface area contributed by atoms with E-state index in [0.717, 1.165) is 11.6 Å². The first-order valence-electron chi connectivity index (χ1n) is 5.28. The summed E-state index contributed by atoms with van der Waals surface area (Å²) in [7, 11) is 0. The van der Waals surface area contributed by atoms with Crippen LogP contribution in [-0.4, -0.2) is 21.2 Å². The summed E-state index contributed by atoms with van der Waals surface area (Å²) in [5, 5.41) is 18.0. The van der Waals surface area contributed by atoms with Gasteiger partial charge in [-0.25, -0.2) is 4.79 Å². The van der Waals surface area contributed by atoms with Gasteiger partial charge in [-0.3, -0.25) is 4.79 Å². The number of hydrogen-bond acceptors (Lipinski definition) is 3. The third kappa shape index (κ3) is 2.31. The van der Waals surface area contributed by atoms with E-state index in [4.69, 9.17) is 10.2 Å². The number of aromatic amines is 1. The van der Waals surface area contributed by atoms with Gasteiger partial charge in [0, 0.05) is 17.8 Å². The Labute approximate surface area is 102 Å². The van der Waals surface area contributed by atoms with Crippen molar-refractivity contribution in [3.05, 3.63) is 58.0 Å². The maximum absolute atomic E-state index is 11.1. The summed E-state index contributed by atoms with van der Waals surface area (Å²) in [5.41, 5.74) is 1.34. The molecule has 18 heavy (non-hydrogen) atoms. The Hall–Kier alpha value is -2.40. The van der Waals surface area contributed by atoms with Crippen LogP contribution in [-0.2, 0) is 6.61 Å². The number of hydrogen-bond donors (Lipinski definition) is 3. The van der Waals surface area contributed by atoms with Gasteiger partial charge in [-0.1, -0.05) is 24.3 Å². The molecule has 0 amide bonds. The number of aliphatic hydroxyl groups is 1. The molecule has 0 aliphatic carbocycles. The van der Waals surface area contributed by atoms with E-state index in [0.29, 0.717) is 11.1 Å². The van der Waals surface area contributed by atoms with E-state index in [1.807, 2.05) is 0 Å². The molecule has 2 aromatic rings. The van der Waals surface area contributed by atoms with Crippen LogP contribution in [0.4, 0.5) is 0 Å². The van der Waals surface area contributed by atoms with Crippen LogP contribution in [0.1, 0.15) is 15.9 Å². The summed E-state index contributed by atoms with van der Waals surface area (Å²) in [6.07, 6.45) is 1.37. The maximum atomic E-state index is 11.1. The summed E-state index contributed by atoms with van der Waals surface area (Å²) < 4.78 is 0. The summed E-state index contributed by atoms with van der Waals surface area (Å²) in [6, 6.07) is 7.85. The average Bonchev–Trinajstić information content (AvgIpc) is 2.39. The van der Waals surface area contributed by atoms with Crippen molar-refractivity contribution in [3.63, 3.8) is 0 Å². The van der Waals surface area contributed by atoms with Crippen LogP contribution in [0.15, 0.2) is 41.3 Å². The van der Waals surface area contributed by atoms with Gasteiger partial charge in [-0.05, 0) is 11.1 Å². The van der Waals surface area contributed by atoms with Crippen LogP contribution >= 0.6 is 0 Å². The van der Waals surface area contributed by atoms with Crippen LogP contribution in [0.2, 0.25) is 0 Å². The largest absolute Gasteiger partial charge is 0.478 e. The van der Waals surface area contributed by atoms with E-state index in [9.17, 15) is 9.59 Å². The molecule has 0 saturated heterocycles. The lowest BCUT2D eigenvalue weighted by Crippen LogP contribution is -2.10. The SMILES string of the molecule is O=C(O)c1cc(=O)[nH]cc1-c1ccc(CO)cc1. The number of aromatic nitrogens is 1. The Balaban J connectivity index is 2.55. The fraction of sp³-hybridized carbons (Fsp3) is 0.0769. The molecule has 0 unspecified atom stereocenters. The molecule has 0 spiro atoms. The summed E-state index contributed by atoms with van der Waals surface area (Å²) in [6.45, 7) is -0.0717. The van der Waals surface area contributed by atoms with Crippen LogP contribution in [0.5, 0.6) is 0 Å². The molecule has 0 radical (unpaired) electrons. The summed E-state index contributed by atoms with van der Waals surface area (Å²) in [5.74, 6) is -1.15. The van der Waals surface area contributed by atoms with Crippen molar-refractivity contribution in [1.82, 2.24) is 4.98 Å². The van der Waals surface area contributed by atoms with Gasteiger partial charge in [0.25, 0.3) is 0 Å². The molecule has 3 N–H and O–H groups in total. The Morgan fingerprint density at radius 2 is 1.89 bits per heavy atom. The highest BCUT2D eigenvalue weighted by Crippen LogP contribution is 2.22. The van der Waals surface area contributed by atoms with Crippen LogP contribution in [0.3, 0.4) is 0 Å². The molecule has 5 nitrogen and oxygen atoms in total. The van der Waals surface area contributed by atoms with Gasteiger partial charge in [0.1, 0.15) is 0 Å². The van der Waals surface area contributed by atoms with E-state index >= 15 is 0 Å². The number of benzene rings is 1. The monoisotopic (exact) mass is 245 g/mol. The van der Waals surface area contributed by atoms with E-state index in [-0.39, 0.29) is 12.2 Å². The quantitative estimate of drug-likeness (QED) is 0.758. The minimum Gasteiger partial charge on any atom is -0.478 e. The minimum absolute atomic E-state index is 0.0458. The molecule has 5 heteroatoms. The molecule has 0 saturated carbocycles. The highest BCUT2D eigenvalue weighted by Gasteiger charge is 2.12. The molecule has 1 aromatic carbocycles. The van der Waals surface area contributed by atoms with Gasteiger partial charge >= 0.3 is 5.97 Å². The molecule has 0 bridgehead atoms. The Kier molecular flexibility index (Phi) is 3.25.